The van der Waals surface area contributed by atoms with Crippen LogP contribution in [0.4, 0.5) is 11.4 Å². The second-order valence-electron chi connectivity index (χ2n) is 4.55. The molecule has 1 aromatic carbocycles. The van der Waals surface area contributed by atoms with Gasteiger partial charge in [-0.2, -0.15) is 0 Å². The number of nitro benzene ring substituents is 1. The molecule has 0 aliphatic heterocycles. The first-order chi connectivity index (χ1) is 9.54. The van der Waals surface area contributed by atoms with Gasteiger partial charge in [-0.25, -0.2) is 0 Å². The maximum atomic E-state index is 10.9. The van der Waals surface area contributed by atoms with Gasteiger partial charge in [0.05, 0.1) is 15.1 Å². The molecule has 20 heavy (non-hydrogen) atoms. The molecule has 0 aliphatic rings. The van der Waals surface area contributed by atoms with Crippen molar-refractivity contribution in [3.05, 3.63) is 31.9 Å². The van der Waals surface area contributed by atoms with Gasteiger partial charge in [0, 0.05) is 31.5 Å². The first-order valence-electron chi connectivity index (χ1n) is 6.74. The largest absolute Gasteiger partial charge is 0.383 e. The van der Waals surface area contributed by atoms with Crippen LogP contribution in [-0.4, -0.2) is 31.2 Å². The van der Waals surface area contributed by atoms with Crippen molar-refractivity contribution in [3.8, 4) is 0 Å². The van der Waals surface area contributed by atoms with Crippen LogP contribution in [0.1, 0.15) is 26.7 Å². The fourth-order valence-electron chi connectivity index (χ4n) is 2.26. The van der Waals surface area contributed by atoms with Crippen molar-refractivity contribution in [2.24, 2.45) is 0 Å². The summed E-state index contributed by atoms with van der Waals surface area (Å²) in [6.45, 7) is 5.75. The monoisotopic (exact) mass is 392 g/mol. The van der Waals surface area contributed by atoms with E-state index in [2.05, 4.69) is 18.7 Å². The maximum Gasteiger partial charge on any atom is 0.282 e. The summed E-state index contributed by atoms with van der Waals surface area (Å²) in [6.07, 6.45) is 2.07. The van der Waals surface area contributed by atoms with Crippen LogP contribution in [0.5, 0.6) is 0 Å². The first kappa shape index (κ1) is 17.2. The number of anilines is 1. The Hall–Kier alpha value is -0.890. The van der Waals surface area contributed by atoms with Crippen molar-refractivity contribution in [3.63, 3.8) is 0 Å². The Morgan fingerprint density at radius 2 is 2.05 bits per heavy atom. The number of hydrogen-bond donors (Lipinski definition) is 0. The lowest BCUT2D eigenvalue weighted by Crippen LogP contribution is -2.37. The van der Waals surface area contributed by atoms with Crippen LogP contribution in [0.2, 0.25) is 0 Å². The molecule has 0 spiro atoms. The summed E-state index contributed by atoms with van der Waals surface area (Å²) in [6, 6.07) is 5.71. The molecule has 1 aromatic rings. The Balaban J connectivity index is 3.06. The number of ether oxygens (including phenoxy) is 1. The molecule has 5 nitrogen and oxygen atoms in total. The number of halogens is 1. The molecule has 0 aliphatic carbocycles. The zero-order valence-corrected chi connectivity index (χ0v) is 14.3. The molecule has 0 bridgehead atoms. The number of methoxy groups -OCH3 is 1. The molecular weight excluding hydrogens is 371 g/mol. The molecule has 0 fully saturated rings. The predicted octanol–water partition coefficient (Wildman–Crippen LogP) is 3.84. The first-order valence-corrected chi connectivity index (χ1v) is 7.82. The molecule has 0 saturated carbocycles. The van der Waals surface area contributed by atoms with Crippen LogP contribution in [0.15, 0.2) is 18.2 Å². The standard InChI is InChI=1S/C14H21IN2O3/c1-4-11(5-2)16(8-9-20-3)12-6-7-14(17(18)19)13(15)10-12/h6-7,10-11H,4-5,8-9H2,1-3H3. The van der Waals surface area contributed by atoms with Gasteiger partial charge in [-0.3, -0.25) is 10.1 Å². The summed E-state index contributed by atoms with van der Waals surface area (Å²) in [7, 11) is 1.69. The molecule has 0 saturated heterocycles. The van der Waals surface area contributed by atoms with Crippen molar-refractivity contribution in [2.45, 2.75) is 32.7 Å². The highest BCUT2D eigenvalue weighted by Crippen LogP contribution is 2.28. The SMILES string of the molecule is CCC(CC)N(CCOC)c1ccc([N+](=O)[O-])c(I)c1. The van der Waals surface area contributed by atoms with Crippen LogP contribution in [0.3, 0.4) is 0 Å². The number of rotatable bonds is 8. The van der Waals surface area contributed by atoms with Crippen LogP contribution in [0.25, 0.3) is 0 Å². The molecule has 112 valence electrons. The molecule has 0 atom stereocenters. The van der Waals surface area contributed by atoms with Gasteiger partial charge in [0.15, 0.2) is 0 Å². The van der Waals surface area contributed by atoms with E-state index in [4.69, 9.17) is 4.74 Å². The van der Waals surface area contributed by atoms with Gasteiger partial charge >= 0.3 is 0 Å². The number of nitro groups is 1. The third kappa shape index (κ3) is 4.31. The number of benzene rings is 1. The highest BCUT2D eigenvalue weighted by atomic mass is 127. The van der Waals surface area contributed by atoms with E-state index in [-0.39, 0.29) is 10.6 Å². The zero-order valence-electron chi connectivity index (χ0n) is 12.1. The van der Waals surface area contributed by atoms with Gasteiger partial charge < -0.3 is 9.64 Å². The smallest absolute Gasteiger partial charge is 0.282 e. The van der Waals surface area contributed by atoms with Gasteiger partial charge in [0.2, 0.25) is 0 Å². The van der Waals surface area contributed by atoms with E-state index in [9.17, 15) is 10.1 Å². The van der Waals surface area contributed by atoms with Gasteiger partial charge in [-0.15, -0.1) is 0 Å². The summed E-state index contributed by atoms with van der Waals surface area (Å²) < 4.78 is 5.84. The highest BCUT2D eigenvalue weighted by Gasteiger charge is 2.19. The Bertz CT molecular complexity index is 450. The lowest BCUT2D eigenvalue weighted by atomic mass is 10.1. The second-order valence-corrected chi connectivity index (χ2v) is 5.71. The fraction of sp³-hybridized carbons (Fsp3) is 0.571. The molecule has 1 rings (SSSR count). The van der Waals surface area contributed by atoms with Crippen LogP contribution >= 0.6 is 22.6 Å². The normalized spacial score (nSPS) is 10.8. The van der Waals surface area contributed by atoms with E-state index in [1.54, 1.807) is 13.2 Å². The quantitative estimate of drug-likeness (QED) is 0.383. The van der Waals surface area contributed by atoms with Gasteiger partial charge in [-0.05, 0) is 47.6 Å². The average Bonchev–Trinajstić information content (AvgIpc) is 2.43. The van der Waals surface area contributed by atoms with Crippen molar-refractivity contribution < 1.29 is 9.66 Å². The summed E-state index contributed by atoms with van der Waals surface area (Å²) in [5.74, 6) is 0. The topological polar surface area (TPSA) is 55.6 Å². The van der Waals surface area contributed by atoms with E-state index < -0.39 is 0 Å². The van der Waals surface area contributed by atoms with Crippen molar-refractivity contribution >= 4 is 34.0 Å². The molecule has 0 aromatic heterocycles. The summed E-state index contributed by atoms with van der Waals surface area (Å²) in [5, 5.41) is 10.9. The minimum absolute atomic E-state index is 0.158. The molecular formula is C14H21IN2O3. The van der Waals surface area contributed by atoms with Gasteiger partial charge in [0.1, 0.15) is 0 Å². The van der Waals surface area contributed by atoms with Crippen molar-refractivity contribution in [1.29, 1.82) is 0 Å². The maximum absolute atomic E-state index is 10.9. The van der Waals surface area contributed by atoms with Crippen molar-refractivity contribution in [2.75, 3.05) is 25.2 Å². The third-order valence-electron chi connectivity index (χ3n) is 3.38. The lowest BCUT2D eigenvalue weighted by molar-refractivity contribution is -0.385. The van der Waals surface area contributed by atoms with Gasteiger partial charge in [0.25, 0.3) is 5.69 Å². The molecule has 0 radical (unpaired) electrons. The average molecular weight is 392 g/mol. The lowest BCUT2D eigenvalue weighted by Gasteiger charge is -2.32. The van der Waals surface area contributed by atoms with E-state index in [0.29, 0.717) is 16.2 Å². The fourth-order valence-corrected chi connectivity index (χ4v) is 2.96. The summed E-state index contributed by atoms with van der Waals surface area (Å²) in [4.78, 5) is 12.8. The minimum Gasteiger partial charge on any atom is -0.383 e. The minimum atomic E-state index is -0.345. The van der Waals surface area contributed by atoms with Crippen molar-refractivity contribution in [1.82, 2.24) is 0 Å². The predicted molar refractivity (Wildman–Crippen MR) is 89.4 cm³/mol. The second kappa shape index (κ2) is 8.41. The molecule has 0 N–H and O–H groups in total. The summed E-state index contributed by atoms with van der Waals surface area (Å²) >= 11 is 2.02. The van der Waals surface area contributed by atoms with E-state index in [0.717, 1.165) is 25.1 Å². The highest BCUT2D eigenvalue weighted by molar-refractivity contribution is 14.1. The van der Waals surface area contributed by atoms with E-state index in [1.807, 2.05) is 34.7 Å². The number of hydrogen-bond acceptors (Lipinski definition) is 4. The van der Waals surface area contributed by atoms with E-state index in [1.165, 1.54) is 0 Å². The molecule has 0 heterocycles. The van der Waals surface area contributed by atoms with E-state index >= 15 is 0 Å². The van der Waals surface area contributed by atoms with Crippen LogP contribution in [-0.2, 0) is 4.74 Å². The Morgan fingerprint density at radius 3 is 2.50 bits per heavy atom. The molecule has 0 amide bonds. The number of nitrogens with zero attached hydrogens (tertiary/aromatic N) is 2. The zero-order chi connectivity index (χ0) is 15.1. The van der Waals surface area contributed by atoms with Gasteiger partial charge in [-0.1, -0.05) is 13.8 Å². The Kier molecular flexibility index (Phi) is 7.22. The van der Waals surface area contributed by atoms with Crippen LogP contribution < -0.4 is 4.90 Å². The Labute approximate surface area is 133 Å². The molecule has 0 unspecified atom stereocenters. The summed E-state index contributed by atoms with van der Waals surface area (Å²) in [5.41, 5.74) is 1.18. The van der Waals surface area contributed by atoms with Crippen LogP contribution in [0, 0.1) is 13.7 Å². The Morgan fingerprint density at radius 1 is 1.40 bits per heavy atom. The molecule has 6 heteroatoms. The third-order valence-corrected chi connectivity index (χ3v) is 4.24.